The van der Waals surface area contributed by atoms with E-state index in [2.05, 4.69) is 15.7 Å². The van der Waals surface area contributed by atoms with Gasteiger partial charge in [0.1, 0.15) is 0 Å². The lowest BCUT2D eigenvalue weighted by molar-refractivity contribution is -0.111. The van der Waals surface area contributed by atoms with Crippen LogP contribution in [0, 0.1) is 0 Å². The molecule has 1 aromatic heterocycles. The molecule has 1 saturated carbocycles. The van der Waals surface area contributed by atoms with Crippen molar-refractivity contribution < 1.29 is 9.59 Å². The zero-order valence-corrected chi connectivity index (χ0v) is 18.4. The number of anilines is 1. The minimum Gasteiger partial charge on any atom is -0.349 e. The van der Waals surface area contributed by atoms with Gasteiger partial charge in [-0.3, -0.25) is 9.59 Å². The summed E-state index contributed by atoms with van der Waals surface area (Å²) in [5.41, 5.74) is 2.62. The van der Waals surface area contributed by atoms with Crippen molar-refractivity contribution in [3.05, 3.63) is 83.2 Å². The Bertz CT molecular complexity index is 1120. The lowest BCUT2D eigenvalue weighted by Gasteiger charge is -2.23. The van der Waals surface area contributed by atoms with Crippen LogP contribution in [0.25, 0.3) is 11.8 Å². The minimum absolute atomic E-state index is 0.185. The highest BCUT2D eigenvalue weighted by molar-refractivity contribution is 6.34. The van der Waals surface area contributed by atoms with Crippen molar-refractivity contribution in [1.82, 2.24) is 15.1 Å². The van der Waals surface area contributed by atoms with Crippen molar-refractivity contribution in [3.63, 3.8) is 0 Å². The highest BCUT2D eigenvalue weighted by atomic mass is 35.5. The van der Waals surface area contributed by atoms with Gasteiger partial charge >= 0.3 is 0 Å². The lowest BCUT2D eigenvalue weighted by Crippen LogP contribution is -2.36. The number of para-hydroxylation sites is 1. The maximum absolute atomic E-state index is 12.7. The first-order valence-corrected chi connectivity index (χ1v) is 11.2. The number of hydrogen-bond donors (Lipinski definition) is 2. The Morgan fingerprint density at radius 1 is 1.06 bits per heavy atom. The Morgan fingerprint density at radius 2 is 1.84 bits per heavy atom. The molecule has 164 valence electrons. The highest BCUT2D eigenvalue weighted by Gasteiger charge is 2.18. The number of rotatable bonds is 6. The molecule has 6 nitrogen and oxygen atoms in total. The average molecular weight is 449 g/mol. The van der Waals surface area contributed by atoms with E-state index in [0.717, 1.165) is 36.9 Å². The second kappa shape index (κ2) is 10.3. The molecule has 7 heteroatoms. The van der Waals surface area contributed by atoms with Crippen LogP contribution in [0.1, 0.15) is 48.0 Å². The number of benzene rings is 2. The minimum atomic E-state index is -0.307. The fraction of sp³-hybridized carbons (Fsp3) is 0.240. The first-order chi connectivity index (χ1) is 15.6. The van der Waals surface area contributed by atoms with Gasteiger partial charge in [0.2, 0.25) is 5.91 Å². The first-order valence-electron chi connectivity index (χ1n) is 10.8. The van der Waals surface area contributed by atoms with E-state index < -0.39 is 0 Å². The van der Waals surface area contributed by atoms with Gasteiger partial charge in [0, 0.05) is 29.6 Å². The van der Waals surface area contributed by atoms with Crippen molar-refractivity contribution in [1.29, 1.82) is 0 Å². The number of halogens is 1. The summed E-state index contributed by atoms with van der Waals surface area (Å²) in [4.78, 5) is 25.1. The van der Waals surface area contributed by atoms with Gasteiger partial charge < -0.3 is 10.6 Å². The van der Waals surface area contributed by atoms with Crippen molar-refractivity contribution in [2.24, 2.45) is 0 Å². The average Bonchev–Trinajstić information content (AvgIpc) is 3.29. The summed E-state index contributed by atoms with van der Waals surface area (Å²) in [6.45, 7) is 0. The fourth-order valence-electron chi connectivity index (χ4n) is 3.79. The summed E-state index contributed by atoms with van der Waals surface area (Å²) in [6, 6.07) is 14.8. The molecule has 0 aliphatic heterocycles. The van der Waals surface area contributed by atoms with Gasteiger partial charge in [-0.2, -0.15) is 5.10 Å². The number of carbonyl (C=O) groups is 2. The van der Waals surface area contributed by atoms with Gasteiger partial charge in [-0.1, -0.05) is 49.1 Å². The summed E-state index contributed by atoms with van der Waals surface area (Å²) in [5.74, 6) is -0.514. The molecule has 3 aromatic rings. The smallest absolute Gasteiger partial charge is 0.253 e. The largest absolute Gasteiger partial charge is 0.349 e. The molecule has 0 atom stereocenters. The molecule has 2 N–H and O–H groups in total. The predicted molar refractivity (Wildman–Crippen MR) is 127 cm³/mol. The molecule has 2 amide bonds. The van der Waals surface area contributed by atoms with Gasteiger partial charge in [0.25, 0.3) is 5.91 Å². The third kappa shape index (κ3) is 5.65. The van der Waals surface area contributed by atoms with Crippen LogP contribution in [-0.4, -0.2) is 27.6 Å². The molecule has 0 radical (unpaired) electrons. The summed E-state index contributed by atoms with van der Waals surface area (Å²) < 4.78 is 1.74. The topological polar surface area (TPSA) is 76.0 Å². The van der Waals surface area contributed by atoms with Crippen LogP contribution in [0.5, 0.6) is 0 Å². The van der Waals surface area contributed by atoms with Gasteiger partial charge in [0.15, 0.2) is 0 Å². The van der Waals surface area contributed by atoms with Crippen LogP contribution in [0.4, 0.5) is 5.69 Å². The van der Waals surface area contributed by atoms with Gasteiger partial charge in [-0.25, -0.2) is 4.68 Å². The van der Waals surface area contributed by atoms with E-state index in [0.29, 0.717) is 16.3 Å². The summed E-state index contributed by atoms with van der Waals surface area (Å²) in [5, 5.41) is 10.5. The maximum Gasteiger partial charge on any atom is 0.253 e. The van der Waals surface area contributed by atoms with Crippen LogP contribution < -0.4 is 10.6 Å². The molecule has 4 rings (SSSR count). The molecule has 0 unspecified atom stereocenters. The number of aromatic nitrogens is 2. The Balaban J connectivity index is 1.38. The molecular formula is C25H25ClN4O2. The quantitative estimate of drug-likeness (QED) is 0.506. The van der Waals surface area contributed by atoms with Crippen LogP contribution >= 0.6 is 11.6 Å². The number of amides is 2. The van der Waals surface area contributed by atoms with Gasteiger partial charge in [0.05, 0.1) is 22.5 Å². The van der Waals surface area contributed by atoms with Crippen LogP contribution in [-0.2, 0) is 4.79 Å². The predicted octanol–water partition coefficient (Wildman–Crippen LogP) is 5.24. The van der Waals surface area contributed by atoms with E-state index >= 15 is 0 Å². The molecule has 0 saturated heterocycles. The number of nitrogens with zero attached hydrogens (tertiary/aromatic N) is 2. The van der Waals surface area contributed by atoms with E-state index in [4.69, 9.17) is 11.6 Å². The third-order valence-electron chi connectivity index (χ3n) is 5.47. The Hall–Kier alpha value is -3.38. The number of nitrogens with one attached hydrogen (secondary N) is 2. The number of hydrogen-bond acceptors (Lipinski definition) is 3. The van der Waals surface area contributed by atoms with Gasteiger partial charge in [-0.05, 0) is 49.2 Å². The standard InChI is InChI=1S/C25H25ClN4O2/c26-23-13-12-20(15-22(23)25(32)29-19-7-3-1-4-8-19)28-24(31)14-11-18-16-27-30(17-18)21-9-5-2-6-10-21/h2,5-6,9-17,19H,1,3-4,7-8H2,(H,28,31)(H,29,32)/b14-11+. The molecule has 1 fully saturated rings. The summed E-state index contributed by atoms with van der Waals surface area (Å²) in [7, 11) is 0. The van der Waals surface area contributed by atoms with E-state index in [1.165, 1.54) is 12.5 Å². The van der Waals surface area contributed by atoms with Gasteiger partial charge in [-0.15, -0.1) is 0 Å². The van der Waals surface area contributed by atoms with Crippen molar-refractivity contribution in [2.45, 2.75) is 38.1 Å². The van der Waals surface area contributed by atoms with E-state index in [1.807, 2.05) is 36.5 Å². The molecule has 0 bridgehead atoms. The van der Waals surface area contributed by atoms with E-state index in [9.17, 15) is 9.59 Å². The first kappa shape index (κ1) is 21.8. The van der Waals surface area contributed by atoms with E-state index in [-0.39, 0.29) is 17.9 Å². The van der Waals surface area contributed by atoms with Crippen molar-refractivity contribution >= 4 is 35.2 Å². The van der Waals surface area contributed by atoms with Crippen molar-refractivity contribution in [3.8, 4) is 5.69 Å². The molecule has 2 aromatic carbocycles. The monoisotopic (exact) mass is 448 g/mol. The number of carbonyl (C=O) groups excluding carboxylic acids is 2. The maximum atomic E-state index is 12.7. The fourth-order valence-corrected chi connectivity index (χ4v) is 3.99. The molecular weight excluding hydrogens is 424 g/mol. The van der Waals surface area contributed by atoms with Crippen LogP contribution in [0.2, 0.25) is 5.02 Å². The normalized spacial score (nSPS) is 14.4. The third-order valence-corrected chi connectivity index (χ3v) is 5.80. The summed E-state index contributed by atoms with van der Waals surface area (Å²) in [6.07, 6.45) is 12.1. The molecule has 1 aliphatic carbocycles. The molecule has 1 aliphatic rings. The molecule has 1 heterocycles. The molecule has 0 spiro atoms. The Kier molecular flexibility index (Phi) is 7.02. The SMILES string of the molecule is O=C(/C=C/c1cnn(-c2ccccc2)c1)Nc1ccc(Cl)c(C(=O)NC2CCCCC2)c1. The Labute approximate surface area is 192 Å². The Morgan fingerprint density at radius 3 is 2.62 bits per heavy atom. The van der Waals surface area contributed by atoms with Crippen LogP contribution in [0.15, 0.2) is 67.0 Å². The second-order valence-corrected chi connectivity index (χ2v) is 8.29. The zero-order valence-electron chi connectivity index (χ0n) is 17.6. The van der Waals surface area contributed by atoms with E-state index in [1.54, 1.807) is 35.2 Å². The second-order valence-electron chi connectivity index (χ2n) is 7.88. The zero-order chi connectivity index (χ0) is 22.3. The summed E-state index contributed by atoms with van der Waals surface area (Å²) >= 11 is 6.24. The highest BCUT2D eigenvalue weighted by Crippen LogP contribution is 2.23. The molecule has 32 heavy (non-hydrogen) atoms. The lowest BCUT2D eigenvalue weighted by atomic mass is 9.95. The van der Waals surface area contributed by atoms with Crippen LogP contribution in [0.3, 0.4) is 0 Å². The van der Waals surface area contributed by atoms with Crippen molar-refractivity contribution in [2.75, 3.05) is 5.32 Å².